The molecule has 3 rings (SSSR count). The Morgan fingerprint density at radius 1 is 0.605 bits per heavy atom. The molecule has 0 amide bonds. The minimum absolute atomic E-state index is 0.0239. The van der Waals surface area contributed by atoms with E-state index >= 15 is 0 Å². The molecule has 0 saturated carbocycles. The standard InChI is InChI=1S/C31H16F8O4/c1-18(30(34,35)36)28(40)42-24-13-7-20(8-14-24)3-4-22-6-12-23(26(17-22)27(32)33)11-5-21-9-15-25(16-10-21)43-29(41)19(2)31(37,38)39/h6-10,12-17,27H,1-2H2. The van der Waals surface area contributed by atoms with Crippen molar-refractivity contribution in [1.29, 1.82) is 0 Å². The lowest BCUT2D eigenvalue weighted by atomic mass is 10.0. The van der Waals surface area contributed by atoms with E-state index in [1.807, 2.05) is 0 Å². The van der Waals surface area contributed by atoms with Crippen LogP contribution in [0.4, 0.5) is 35.1 Å². The highest BCUT2D eigenvalue weighted by Gasteiger charge is 2.39. The van der Waals surface area contributed by atoms with Crippen molar-refractivity contribution in [2.45, 2.75) is 18.8 Å². The summed E-state index contributed by atoms with van der Waals surface area (Å²) in [5.41, 5.74) is -2.98. The van der Waals surface area contributed by atoms with Crippen LogP contribution in [0.1, 0.15) is 34.2 Å². The van der Waals surface area contributed by atoms with Gasteiger partial charge in [0, 0.05) is 27.8 Å². The van der Waals surface area contributed by atoms with Crippen molar-refractivity contribution in [3.05, 3.63) is 119 Å². The molecule has 0 bridgehead atoms. The lowest BCUT2D eigenvalue weighted by Gasteiger charge is -2.09. The molecule has 0 saturated heterocycles. The molecule has 0 radical (unpaired) electrons. The van der Waals surface area contributed by atoms with Crippen LogP contribution >= 0.6 is 0 Å². The fourth-order valence-corrected chi connectivity index (χ4v) is 3.00. The Kier molecular flexibility index (Phi) is 9.79. The maximum Gasteiger partial charge on any atom is 0.422 e. The SMILES string of the molecule is C=C(C(=O)Oc1ccc(C#Cc2ccc(C#Cc3ccc(OC(=O)C(=C)C(F)(F)F)cc3)c(C(F)F)c2)cc1)C(F)(F)F. The maximum atomic E-state index is 13.7. The van der Waals surface area contributed by atoms with Crippen molar-refractivity contribution in [2.24, 2.45) is 0 Å². The lowest BCUT2D eigenvalue weighted by Crippen LogP contribution is -2.23. The number of alkyl halides is 8. The van der Waals surface area contributed by atoms with Gasteiger partial charge in [0.1, 0.15) is 22.6 Å². The van der Waals surface area contributed by atoms with Gasteiger partial charge in [-0.3, -0.25) is 0 Å². The lowest BCUT2D eigenvalue weighted by molar-refractivity contribution is -0.143. The molecule has 3 aromatic rings. The second kappa shape index (κ2) is 13.1. The molecule has 0 aromatic heterocycles. The molecule has 0 aliphatic carbocycles. The molecular formula is C31H16F8O4. The predicted octanol–water partition coefficient (Wildman–Crippen LogP) is 7.47. The smallest absolute Gasteiger partial charge is 0.422 e. The van der Waals surface area contributed by atoms with E-state index in [0.29, 0.717) is 5.56 Å². The molecule has 4 nitrogen and oxygen atoms in total. The van der Waals surface area contributed by atoms with Gasteiger partial charge >= 0.3 is 24.3 Å². The Balaban J connectivity index is 1.71. The fourth-order valence-electron chi connectivity index (χ4n) is 3.00. The van der Waals surface area contributed by atoms with Crippen LogP contribution in [0.2, 0.25) is 0 Å². The van der Waals surface area contributed by atoms with E-state index in [1.165, 1.54) is 60.7 Å². The zero-order valence-corrected chi connectivity index (χ0v) is 21.5. The summed E-state index contributed by atoms with van der Waals surface area (Å²) in [6.07, 6.45) is -12.8. The molecule has 0 spiro atoms. The van der Waals surface area contributed by atoms with Gasteiger partial charge in [-0.05, 0) is 66.7 Å². The minimum Gasteiger partial charge on any atom is -0.423 e. The average Bonchev–Trinajstić information content (AvgIpc) is 2.94. The first-order chi connectivity index (χ1) is 20.0. The first kappa shape index (κ1) is 32.2. The topological polar surface area (TPSA) is 52.6 Å². The van der Waals surface area contributed by atoms with Crippen LogP contribution in [0.3, 0.4) is 0 Å². The summed E-state index contributed by atoms with van der Waals surface area (Å²) in [5.74, 6) is 6.85. The summed E-state index contributed by atoms with van der Waals surface area (Å²) in [5, 5.41) is 0. The number of rotatable bonds is 5. The highest BCUT2D eigenvalue weighted by atomic mass is 19.4. The molecule has 0 aliphatic rings. The molecular weight excluding hydrogens is 588 g/mol. The minimum atomic E-state index is -4.95. The number of esters is 2. The number of carbonyl (C=O) groups excluding carboxylic acids is 2. The van der Waals surface area contributed by atoms with Crippen LogP contribution in [0.5, 0.6) is 11.5 Å². The molecule has 43 heavy (non-hydrogen) atoms. The van der Waals surface area contributed by atoms with Gasteiger partial charge in [0.15, 0.2) is 0 Å². The van der Waals surface area contributed by atoms with E-state index in [1.54, 1.807) is 0 Å². The Morgan fingerprint density at radius 3 is 1.37 bits per heavy atom. The molecule has 0 N–H and O–H groups in total. The number of carbonyl (C=O) groups is 2. The predicted molar refractivity (Wildman–Crippen MR) is 138 cm³/mol. The third kappa shape index (κ3) is 9.07. The van der Waals surface area contributed by atoms with E-state index in [0.717, 1.165) is 6.07 Å². The Morgan fingerprint density at radius 2 is 0.977 bits per heavy atom. The number of benzene rings is 3. The van der Waals surface area contributed by atoms with Crippen LogP contribution < -0.4 is 9.47 Å². The summed E-state index contributed by atoms with van der Waals surface area (Å²) in [6, 6.07) is 13.9. The van der Waals surface area contributed by atoms with Gasteiger partial charge in [-0.2, -0.15) is 26.3 Å². The molecule has 0 heterocycles. The fraction of sp³-hybridized carbons (Fsp3) is 0.0968. The van der Waals surface area contributed by atoms with Gasteiger partial charge in [-0.1, -0.05) is 36.8 Å². The van der Waals surface area contributed by atoms with Gasteiger partial charge in [-0.15, -0.1) is 0 Å². The van der Waals surface area contributed by atoms with Crippen molar-refractivity contribution in [3.63, 3.8) is 0 Å². The zero-order valence-electron chi connectivity index (χ0n) is 21.5. The zero-order chi connectivity index (χ0) is 31.9. The monoisotopic (exact) mass is 604 g/mol. The second-order valence-corrected chi connectivity index (χ2v) is 8.38. The van der Waals surface area contributed by atoms with E-state index < -0.39 is 47.4 Å². The van der Waals surface area contributed by atoms with Crippen LogP contribution in [0, 0.1) is 23.7 Å². The highest BCUT2D eigenvalue weighted by molar-refractivity contribution is 5.91. The first-order valence-corrected chi connectivity index (χ1v) is 11.7. The Hall–Kier alpha value is -5.36. The number of hydrogen-bond acceptors (Lipinski definition) is 4. The molecule has 0 atom stereocenters. The molecule has 12 heteroatoms. The van der Waals surface area contributed by atoms with Gasteiger partial charge in [0.05, 0.1) is 0 Å². The van der Waals surface area contributed by atoms with E-state index in [2.05, 4.69) is 46.3 Å². The largest absolute Gasteiger partial charge is 0.423 e. The molecule has 0 fully saturated rings. The number of ether oxygens (including phenoxy) is 2. The Bertz CT molecular complexity index is 1680. The van der Waals surface area contributed by atoms with Gasteiger partial charge in [0.2, 0.25) is 0 Å². The van der Waals surface area contributed by atoms with Crippen LogP contribution in [-0.4, -0.2) is 24.3 Å². The number of hydrogen-bond donors (Lipinski definition) is 0. The van der Waals surface area contributed by atoms with Crippen LogP contribution in [0.25, 0.3) is 0 Å². The van der Waals surface area contributed by atoms with Crippen molar-refractivity contribution < 1.29 is 54.2 Å². The highest BCUT2D eigenvalue weighted by Crippen LogP contribution is 2.27. The van der Waals surface area contributed by atoms with Gasteiger partial charge in [0.25, 0.3) is 6.43 Å². The molecule has 0 aliphatic heterocycles. The van der Waals surface area contributed by atoms with E-state index in [-0.39, 0.29) is 28.2 Å². The summed E-state index contributed by atoms with van der Waals surface area (Å²) < 4.78 is 112. The third-order valence-corrected chi connectivity index (χ3v) is 5.29. The van der Waals surface area contributed by atoms with Crippen molar-refractivity contribution in [1.82, 2.24) is 0 Å². The Labute approximate surface area is 239 Å². The first-order valence-electron chi connectivity index (χ1n) is 11.7. The quantitative estimate of drug-likeness (QED) is 0.0997. The van der Waals surface area contributed by atoms with Crippen molar-refractivity contribution in [2.75, 3.05) is 0 Å². The molecule has 220 valence electrons. The summed E-state index contributed by atoms with van der Waals surface area (Å²) in [4.78, 5) is 23.0. The second-order valence-electron chi connectivity index (χ2n) is 8.38. The molecule has 0 unspecified atom stereocenters. The summed E-state index contributed by atoms with van der Waals surface area (Å²) >= 11 is 0. The summed E-state index contributed by atoms with van der Waals surface area (Å²) in [7, 11) is 0. The van der Waals surface area contributed by atoms with E-state index in [4.69, 9.17) is 0 Å². The van der Waals surface area contributed by atoms with Crippen LogP contribution in [-0.2, 0) is 9.59 Å². The molecule has 3 aromatic carbocycles. The van der Waals surface area contributed by atoms with Crippen molar-refractivity contribution >= 4 is 11.9 Å². The van der Waals surface area contributed by atoms with Gasteiger partial charge in [-0.25, -0.2) is 18.4 Å². The van der Waals surface area contributed by atoms with E-state index in [9.17, 15) is 44.7 Å². The number of halogens is 8. The van der Waals surface area contributed by atoms with Crippen molar-refractivity contribution in [3.8, 4) is 35.2 Å². The summed E-state index contributed by atoms with van der Waals surface area (Å²) in [6.45, 7) is 5.29. The third-order valence-electron chi connectivity index (χ3n) is 5.29. The normalized spacial score (nSPS) is 11.0. The average molecular weight is 604 g/mol. The maximum absolute atomic E-state index is 13.7. The van der Waals surface area contributed by atoms with Crippen LogP contribution in [0.15, 0.2) is 91.0 Å². The van der Waals surface area contributed by atoms with Gasteiger partial charge < -0.3 is 9.47 Å².